The highest BCUT2D eigenvalue weighted by Gasteiger charge is 2.13. The van der Waals surface area contributed by atoms with E-state index in [4.69, 9.17) is 0 Å². The molecule has 0 bridgehead atoms. The Labute approximate surface area is 284 Å². The minimum Gasteiger partial charge on any atom is -0.385 e. The molecule has 0 saturated heterocycles. The summed E-state index contributed by atoms with van der Waals surface area (Å²) in [5.41, 5.74) is 12.1. The summed E-state index contributed by atoms with van der Waals surface area (Å²) in [6.45, 7) is 22.3. The van der Waals surface area contributed by atoms with Gasteiger partial charge in [0.05, 0.1) is 0 Å². The second-order valence-corrected chi connectivity index (χ2v) is 11.6. The Hall–Kier alpha value is -4.57. The fourth-order valence-corrected chi connectivity index (χ4v) is 6.25. The van der Waals surface area contributed by atoms with E-state index in [0.29, 0.717) is 0 Å². The maximum atomic E-state index is 3.43. The van der Waals surface area contributed by atoms with Crippen LogP contribution in [0.1, 0.15) is 65.2 Å². The Kier molecular flexibility index (Phi) is 13.5. The van der Waals surface area contributed by atoms with Crippen molar-refractivity contribution in [3.05, 3.63) is 138 Å². The van der Waals surface area contributed by atoms with Gasteiger partial charge in [0, 0.05) is 61.9 Å². The summed E-state index contributed by atoms with van der Waals surface area (Å²) in [6.07, 6.45) is 15.8. The van der Waals surface area contributed by atoms with Gasteiger partial charge in [0.2, 0.25) is 0 Å². The average Bonchev–Trinajstić information content (AvgIpc) is 3.12. The molecule has 1 N–H and O–H groups in total. The van der Waals surface area contributed by atoms with Crippen molar-refractivity contribution in [3.63, 3.8) is 0 Å². The first-order valence-electron chi connectivity index (χ1n) is 17.7. The lowest BCUT2D eigenvalue weighted by Crippen LogP contribution is -2.21. The Bertz CT molecular complexity index is 1580. The second kappa shape index (κ2) is 17.9. The number of nitrogens with zero attached hydrogens (tertiary/aromatic N) is 3. The lowest BCUT2D eigenvalue weighted by molar-refractivity contribution is -0.519. The molecule has 4 rings (SSSR count). The number of allylic oxidation sites excluding steroid dienone is 9. The molecular formula is C43H55N4+. The number of rotatable bonds is 15. The van der Waals surface area contributed by atoms with Gasteiger partial charge in [0.15, 0.2) is 5.71 Å². The zero-order chi connectivity index (χ0) is 33.6. The van der Waals surface area contributed by atoms with Crippen LogP contribution in [0.3, 0.4) is 0 Å². The fourth-order valence-electron chi connectivity index (χ4n) is 6.25. The Morgan fingerprint density at radius 3 is 1.51 bits per heavy atom. The van der Waals surface area contributed by atoms with Gasteiger partial charge in [-0.05, 0) is 130 Å². The standard InChI is InChI=1S/C43H54N4/c1-8-44-38-26-18-34(19-27-38)42(35-20-28-39(29-21-35)45(9-2)10-3)16-15-17-43(36-22-30-40(31-23-36)46(11-4)12-5)37-24-32-41(33-25-37)47(13-6)14-7/h15-33H,8-14H2,1-7H3/p+1. The van der Waals surface area contributed by atoms with E-state index in [1.165, 1.54) is 50.5 Å². The van der Waals surface area contributed by atoms with Gasteiger partial charge in [-0.2, -0.15) is 0 Å². The molecule has 0 saturated carbocycles. The van der Waals surface area contributed by atoms with Gasteiger partial charge in [-0.1, -0.05) is 54.6 Å². The molecule has 47 heavy (non-hydrogen) atoms. The van der Waals surface area contributed by atoms with Gasteiger partial charge in [-0.15, -0.1) is 0 Å². The monoisotopic (exact) mass is 627 g/mol. The zero-order valence-electron chi connectivity index (χ0n) is 29.8. The molecule has 1 aliphatic rings. The maximum absolute atomic E-state index is 3.43. The van der Waals surface area contributed by atoms with Crippen LogP contribution in [0.15, 0.2) is 121 Å². The summed E-state index contributed by atoms with van der Waals surface area (Å²) < 4.78 is 2.39. The molecule has 0 heterocycles. The molecule has 0 spiro atoms. The van der Waals surface area contributed by atoms with Crippen molar-refractivity contribution < 1.29 is 4.58 Å². The molecule has 3 aromatic rings. The number of anilines is 3. The van der Waals surface area contributed by atoms with Crippen molar-refractivity contribution in [2.75, 3.05) is 60.9 Å². The molecule has 0 amide bonds. The third-order valence-electron chi connectivity index (χ3n) is 9.02. The smallest absolute Gasteiger partial charge is 0.199 e. The molecule has 0 radical (unpaired) electrons. The molecule has 0 atom stereocenters. The first-order chi connectivity index (χ1) is 23.0. The Balaban J connectivity index is 1.80. The SMILES string of the molecule is CCNc1ccc(C(=CC=CC(=C2C=CC(=[N+](CC)CC)C=C2)c2ccc(N(CC)CC)cc2)c2ccc(N(CC)CC)cc2)cc1. The van der Waals surface area contributed by atoms with Crippen LogP contribution in [0, 0.1) is 0 Å². The number of nitrogens with one attached hydrogen (secondary N) is 1. The van der Waals surface area contributed by atoms with E-state index in [9.17, 15) is 0 Å². The molecule has 0 unspecified atom stereocenters. The molecule has 246 valence electrons. The van der Waals surface area contributed by atoms with Crippen LogP contribution in [-0.4, -0.2) is 56.1 Å². The summed E-state index contributed by atoms with van der Waals surface area (Å²) in [4.78, 5) is 4.77. The molecule has 3 aromatic carbocycles. The number of benzene rings is 3. The first kappa shape index (κ1) is 35.3. The summed E-state index contributed by atoms with van der Waals surface area (Å²) >= 11 is 0. The van der Waals surface area contributed by atoms with Crippen molar-refractivity contribution in [1.29, 1.82) is 0 Å². The zero-order valence-corrected chi connectivity index (χ0v) is 29.8. The predicted molar refractivity (Wildman–Crippen MR) is 208 cm³/mol. The lowest BCUT2D eigenvalue weighted by Gasteiger charge is -2.21. The average molecular weight is 628 g/mol. The first-order valence-corrected chi connectivity index (χ1v) is 17.7. The van der Waals surface area contributed by atoms with Crippen LogP contribution >= 0.6 is 0 Å². The van der Waals surface area contributed by atoms with Crippen LogP contribution < -0.4 is 15.1 Å². The van der Waals surface area contributed by atoms with Crippen LogP contribution in [0.25, 0.3) is 11.1 Å². The quantitative estimate of drug-likeness (QED) is 0.134. The van der Waals surface area contributed by atoms with E-state index in [1.807, 2.05) is 0 Å². The van der Waals surface area contributed by atoms with Gasteiger partial charge in [0.1, 0.15) is 13.1 Å². The minimum atomic E-state index is 0.905. The van der Waals surface area contributed by atoms with E-state index >= 15 is 0 Å². The van der Waals surface area contributed by atoms with Gasteiger partial charge in [-0.25, -0.2) is 4.58 Å². The third-order valence-corrected chi connectivity index (χ3v) is 9.02. The molecule has 0 aromatic heterocycles. The van der Waals surface area contributed by atoms with Crippen LogP contribution in [0.5, 0.6) is 0 Å². The topological polar surface area (TPSA) is 21.5 Å². The summed E-state index contributed by atoms with van der Waals surface area (Å²) in [5, 5.41) is 3.43. The largest absolute Gasteiger partial charge is 0.385 e. The summed E-state index contributed by atoms with van der Waals surface area (Å²) in [6, 6.07) is 26.8. The highest BCUT2D eigenvalue weighted by atomic mass is 15.1. The molecular weight excluding hydrogens is 573 g/mol. The normalized spacial score (nSPS) is 13.0. The Morgan fingerprint density at radius 2 is 1.06 bits per heavy atom. The molecule has 0 fully saturated rings. The van der Waals surface area contributed by atoms with Gasteiger partial charge in [0.25, 0.3) is 0 Å². The second-order valence-electron chi connectivity index (χ2n) is 11.6. The van der Waals surface area contributed by atoms with E-state index in [2.05, 4.69) is 183 Å². The number of hydrogen-bond acceptors (Lipinski definition) is 3. The van der Waals surface area contributed by atoms with Crippen molar-refractivity contribution in [3.8, 4) is 0 Å². The maximum Gasteiger partial charge on any atom is 0.199 e. The van der Waals surface area contributed by atoms with Crippen LogP contribution in [0.4, 0.5) is 17.1 Å². The van der Waals surface area contributed by atoms with Crippen LogP contribution in [0.2, 0.25) is 0 Å². The van der Waals surface area contributed by atoms with E-state index in [1.54, 1.807) is 0 Å². The highest BCUT2D eigenvalue weighted by Crippen LogP contribution is 2.30. The van der Waals surface area contributed by atoms with E-state index < -0.39 is 0 Å². The van der Waals surface area contributed by atoms with E-state index in [-0.39, 0.29) is 0 Å². The highest BCUT2D eigenvalue weighted by molar-refractivity contribution is 6.03. The summed E-state index contributed by atoms with van der Waals surface area (Å²) in [7, 11) is 0. The van der Waals surface area contributed by atoms with Crippen LogP contribution in [-0.2, 0) is 0 Å². The minimum absolute atomic E-state index is 0.905. The van der Waals surface area contributed by atoms with Crippen molar-refractivity contribution in [1.82, 2.24) is 0 Å². The number of hydrogen-bond donors (Lipinski definition) is 1. The molecule has 4 nitrogen and oxygen atoms in total. The third kappa shape index (κ3) is 9.04. The van der Waals surface area contributed by atoms with Crippen molar-refractivity contribution in [2.24, 2.45) is 0 Å². The van der Waals surface area contributed by atoms with Gasteiger partial charge < -0.3 is 15.1 Å². The predicted octanol–water partition coefficient (Wildman–Crippen LogP) is 9.87. The Morgan fingerprint density at radius 1 is 0.596 bits per heavy atom. The van der Waals surface area contributed by atoms with Gasteiger partial charge >= 0.3 is 0 Å². The van der Waals surface area contributed by atoms with E-state index in [0.717, 1.165) is 51.5 Å². The lowest BCUT2D eigenvalue weighted by atomic mass is 9.94. The van der Waals surface area contributed by atoms with Crippen molar-refractivity contribution >= 4 is 33.9 Å². The van der Waals surface area contributed by atoms with Crippen molar-refractivity contribution in [2.45, 2.75) is 48.5 Å². The molecule has 0 aliphatic heterocycles. The van der Waals surface area contributed by atoms with Gasteiger partial charge in [-0.3, -0.25) is 0 Å². The molecule has 1 aliphatic carbocycles. The fraction of sp³-hybridized carbons (Fsp3) is 0.326. The molecule has 4 heteroatoms. The summed E-state index contributed by atoms with van der Waals surface area (Å²) in [5.74, 6) is 0.